The minimum absolute atomic E-state index is 0.0143. The van der Waals surface area contributed by atoms with Crippen LogP contribution in [0.1, 0.15) is 12.8 Å². The fraction of sp³-hybridized carbons (Fsp3) is 0.417. The first kappa shape index (κ1) is 21.2. The van der Waals surface area contributed by atoms with E-state index in [1.165, 1.54) is 12.1 Å². The summed E-state index contributed by atoms with van der Waals surface area (Å²) in [6.07, 6.45) is 1.91. The van der Waals surface area contributed by atoms with Gasteiger partial charge < -0.3 is 19.7 Å². The van der Waals surface area contributed by atoms with Gasteiger partial charge in [0.05, 0.1) is 22.0 Å². The van der Waals surface area contributed by atoms with Gasteiger partial charge >= 0.3 is 0 Å². The average Bonchev–Trinajstić information content (AvgIpc) is 3.22. The number of fused-ring (bicyclic) bond motifs is 1. The molecule has 0 radical (unpaired) electrons. The van der Waals surface area contributed by atoms with Gasteiger partial charge in [0.25, 0.3) is 0 Å². The summed E-state index contributed by atoms with van der Waals surface area (Å²) < 4.78 is 13.6. The summed E-state index contributed by atoms with van der Waals surface area (Å²) in [4.78, 5) is 27.4. The molecule has 0 aliphatic carbocycles. The maximum absolute atomic E-state index is 13.6. The number of H-pyrrole nitrogens is 1. The van der Waals surface area contributed by atoms with E-state index in [1.807, 2.05) is 23.1 Å². The van der Waals surface area contributed by atoms with Crippen LogP contribution in [0.2, 0.25) is 5.02 Å². The summed E-state index contributed by atoms with van der Waals surface area (Å²) in [5.41, 5.74) is 3.12. The highest BCUT2D eigenvalue weighted by Gasteiger charge is 2.31. The summed E-state index contributed by atoms with van der Waals surface area (Å²) in [6.45, 7) is 5.10. The number of carbonyl (C=O) groups excluding carboxylic acids is 1. The first-order chi connectivity index (χ1) is 15.5. The lowest BCUT2D eigenvalue weighted by Gasteiger charge is -2.39. The Hall–Kier alpha value is -2.64. The lowest BCUT2D eigenvalue weighted by Crippen LogP contribution is -2.51. The van der Waals surface area contributed by atoms with Crippen LogP contribution < -0.4 is 4.90 Å². The fourth-order valence-electron chi connectivity index (χ4n) is 4.70. The highest BCUT2D eigenvalue weighted by atomic mass is 35.5. The van der Waals surface area contributed by atoms with Gasteiger partial charge in [0, 0.05) is 56.6 Å². The number of halogens is 2. The van der Waals surface area contributed by atoms with Crippen molar-refractivity contribution in [1.82, 2.24) is 19.8 Å². The fourth-order valence-corrected chi connectivity index (χ4v) is 4.90. The summed E-state index contributed by atoms with van der Waals surface area (Å²) in [6, 6.07) is 10.4. The number of carbonyl (C=O) groups is 1. The first-order valence-electron chi connectivity index (χ1n) is 11.2. The number of likely N-dealkylation sites (N-methyl/N-ethyl adjacent to an activating group) is 1. The molecule has 2 aliphatic rings. The number of amides is 1. The van der Waals surface area contributed by atoms with Crippen molar-refractivity contribution in [2.24, 2.45) is 5.92 Å². The van der Waals surface area contributed by atoms with Gasteiger partial charge in [-0.25, -0.2) is 9.37 Å². The number of nitrogens with one attached hydrogen (secondary N) is 1. The summed E-state index contributed by atoms with van der Waals surface area (Å²) in [5, 5.41) is 0.579. The SMILES string of the molecule is CN1CCN(C(=O)[C@H]2CCCN(c3ccc(Cl)c(-c4nc5cc(F)ccc5[nH]4)c3)C2)CC1. The zero-order chi connectivity index (χ0) is 22.2. The minimum Gasteiger partial charge on any atom is -0.371 e. The molecule has 3 aromatic rings. The van der Waals surface area contributed by atoms with Crippen molar-refractivity contribution in [3.63, 3.8) is 0 Å². The maximum atomic E-state index is 13.6. The Bertz CT molecular complexity index is 1140. The molecule has 2 aromatic carbocycles. The molecule has 6 nitrogen and oxygen atoms in total. The van der Waals surface area contributed by atoms with E-state index in [0.29, 0.717) is 22.9 Å². The topological polar surface area (TPSA) is 55.5 Å². The largest absolute Gasteiger partial charge is 0.371 e. The third-order valence-electron chi connectivity index (χ3n) is 6.60. The Labute approximate surface area is 192 Å². The van der Waals surface area contributed by atoms with Crippen LogP contribution in [0.4, 0.5) is 10.1 Å². The van der Waals surface area contributed by atoms with E-state index >= 15 is 0 Å². The number of anilines is 1. The Morgan fingerprint density at radius 3 is 2.75 bits per heavy atom. The predicted molar refractivity (Wildman–Crippen MR) is 126 cm³/mol. The maximum Gasteiger partial charge on any atom is 0.227 e. The number of aromatic amines is 1. The average molecular weight is 456 g/mol. The summed E-state index contributed by atoms with van der Waals surface area (Å²) in [7, 11) is 2.10. The Morgan fingerprint density at radius 2 is 1.94 bits per heavy atom. The molecule has 3 heterocycles. The van der Waals surface area contributed by atoms with Crippen molar-refractivity contribution in [3.05, 3.63) is 47.2 Å². The van der Waals surface area contributed by atoms with Crippen LogP contribution in [0.3, 0.4) is 0 Å². The molecule has 2 aliphatic heterocycles. The molecule has 2 saturated heterocycles. The number of piperazine rings is 1. The van der Waals surface area contributed by atoms with Crippen LogP contribution in [-0.2, 0) is 4.79 Å². The van der Waals surface area contributed by atoms with Crippen LogP contribution in [0.5, 0.6) is 0 Å². The van der Waals surface area contributed by atoms with Crippen molar-refractivity contribution in [3.8, 4) is 11.4 Å². The number of benzene rings is 2. The Morgan fingerprint density at radius 1 is 1.12 bits per heavy atom. The van der Waals surface area contributed by atoms with Gasteiger partial charge in [-0.1, -0.05) is 11.6 Å². The molecule has 0 unspecified atom stereocenters. The minimum atomic E-state index is -0.320. The lowest BCUT2D eigenvalue weighted by molar-refractivity contribution is -0.137. The Balaban J connectivity index is 1.37. The zero-order valence-corrected chi connectivity index (χ0v) is 18.9. The van der Waals surface area contributed by atoms with Crippen LogP contribution in [0.15, 0.2) is 36.4 Å². The van der Waals surface area contributed by atoms with Crippen molar-refractivity contribution in [2.45, 2.75) is 12.8 Å². The second kappa shape index (κ2) is 8.71. The number of nitrogens with zero attached hydrogens (tertiary/aromatic N) is 4. The van der Waals surface area contributed by atoms with Gasteiger partial charge in [-0.2, -0.15) is 0 Å². The third kappa shape index (κ3) is 4.19. The van der Waals surface area contributed by atoms with Crippen molar-refractivity contribution in [2.75, 3.05) is 51.2 Å². The van der Waals surface area contributed by atoms with Gasteiger partial charge in [-0.05, 0) is 50.2 Å². The second-order valence-corrected chi connectivity index (χ2v) is 9.23. The molecular weight excluding hydrogens is 429 g/mol. The zero-order valence-electron chi connectivity index (χ0n) is 18.2. The summed E-state index contributed by atoms with van der Waals surface area (Å²) >= 11 is 6.50. The van der Waals surface area contributed by atoms with Crippen LogP contribution in [0.25, 0.3) is 22.4 Å². The molecule has 2 fully saturated rings. The van der Waals surface area contributed by atoms with E-state index in [1.54, 1.807) is 6.07 Å². The van der Waals surface area contributed by atoms with Gasteiger partial charge in [-0.3, -0.25) is 4.79 Å². The monoisotopic (exact) mass is 455 g/mol. The first-order valence-corrected chi connectivity index (χ1v) is 11.5. The smallest absolute Gasteiger partial charge is 0.227 e. The molecular formula is C24H27ClFN5O. The third-order valence-corrected chi connectivity index (χ3v) is 6.93. The molecule has 1 amide bonds. The van der Waals surface area contributed by atoms with Crippen molar-refractivity contribution >= 4 is 34.2 Å². The number of piperidine rings is 1. The quantitative estimate of drug-likeness (QED) is 0.648. The van der Waals surface area contributed by atoms with E-state index in [4.69, 9.17) is 11.6 Å². The molecule has 1 N–H and O–H groups in total. The number of aromatic nitrogens is 2. The normalized spacial score (nSPS) is 20.2. The van der Waals surface area contributed by atoms with Gasteiger partial charge in [0.1, 0.15) is 11.6 Å². The molecule has 1 aromatic heterocycles. The van der Waals surface area contributed by atoms with Crippen LogP contribution in [-0.4, -0.2) is 72.0 Å². The molecule has 1 atom stereocenters. The van der Waals surface area contributed by atoms with Crippen LogP contribution >= 0.6 is 11.6 Å². The highest BCUT2D eigenvalue weighted by molar-refractivity contribution is 6.33. The summed E-state index contributed by atoms with van der Waals surface area (Å²) in [5.74, 6) is 0.580. The van der Waals surface area contributed by atoms with E-state index in [2.05, 4.69) is 26.8 Å². The van der Waals surface area contributed by atoms with Crippen LogP contribution in [0, 0.1) is 11.7 Å². The number of hydrogen-bond acceptors (Lipinski definition) is 4. The molecule has 168 valence electrons. The van der Waals surface area contributed by atoms with Gasteiger partial charge in [0.15, 0.2) is 0 Å². The predicted octanol–water partition coefficient (Wildman–Crippen LogP) is 4.01. The molecule has 32 heavy (non-hydrogen) atoms. The van der Waals surface area contributed by atoms with E-state index in [0.717, 1.165) is 62.3 Å². The molecule has 0 spiro atoms. The Kier molecular flexibility index (Phi) is 5.78. The molecule has 0 saturated carbocycles. The molecule has 0 bridgehead atoms. The second-order valence-electron chi connectivity index (χ2n) is 8.82. The van der Waals surface area contributed by atoms with E-state index in [9.17, 15) is 9.18 Å². The van der Waals surface area contributed by atoms with Crippen molar-refractivity contribution in [1.29, 1.82) is 0 Å². The standard InChI is InChI=1S/C24H27ClFN5O/c1-29-9-11-30(12-10-29)24(32)16-3-2-8-31(15-16)18-5-6-20(25)19(14-18)23-27-21-7-4-17(26)13-22(21)28-23/h4-7,13-14,16H,2-3,8-12,15H2,1H3,(H,27,28)/t16-/m0/s1. The highest BCUT2D eigenvalue weighted by Crippen LogP contribution is 2.33. The van der Waals surface area contributed by atoms with Crippen molar-refractivity contribution < 1.29 is 9.18 Å². The molecule has 5 rings (SSSR count). The van der Waals surface area contributed by atoms with E-state index < -0.39 is 0 Å². The van der Waals surface area contributed by atoms with Gasteiger partial charge in [-0.15, -0.1) is 0 Å². The lowest BCUT2D eigenvalue weighted by atomic mass is 9.95. The van der Waals surface area contributed by atoms with Gasteiger partial charge in [0.2, 0.25) is 5.91 Å². The number of rotatable bonds is 3. The molecule has 8 heteroatoms. The number of hydrogen-bond donors (Lipinski definition) is 1. The van der Waals surface area contributed by atoms with E-state index in [-0.39, 0.29) is 17.6 Å². The number of imidazole rings is 1.